The molecule has 4 heteroatoms. The molecule has 4 aromatic rings. The zero-order valence-corrected chi connectivity index (χ0v) is 16.1. The van der Waals surface area contributed by atoms with Crippen LogP contribution in [0.25, 0.3) is 33.2 Å². The third kappa shape index (κ3) is 3.14. The van der Waals surface area contributed by atoms with Gasteiger partial charge in [-0.15, -0.1) is 0 Å². The predicted octanol–water partition coefficient (Wildman–Crippen LogP) is 5.59. The standard InChI is InChI=1S/C24H21NO3/c1-26-18-13-11-16(12-14-18)23-22(17-7-6-8-19(15-17)27-2)20-9-4-5-10-21(20)24(25-23)28-3/h4-15H,1-3H3. The Hall–Kier alpha value is -3.53. The Morgan fingerprint density at radius 3 is 2.00 bits per heavy atom. The Kier molecular flexibility index (Phi) is 4.85. The largest absolute Gasteiger partial charge is 0.497 e. The molecule has 0 radical (unpaired) electrons. The van der Waals surface area contributed by atoms with E-state index in [1.165, 1.54) is 0 Å². The molecule has 0 unspecified atom stereocenters. The minimum atomic E-state index is 0.605. The second kappa shape index (κ2) is 7.61. The fourth-order valence-electron chi connectivity index (χ4n) is 3.42. The van der Waals surface area contributed by atoms with Crippen LogP contribution < -0.4 is 14.2 Å². The maximum Gasteiger partial charge on any atom is 0.221 e. The molecule has 0 N–H and O–H groups in total. The second-order valence-electron chi connectivity index (χ2n) is 6.35. The Morgan fingerprint density at radius 2 is 1.32 bits per heavy atom. The molecule has 28 heavy (non-hydrogen) atoms. The van der Waals surface area contributed by atoms with E-state index in [-0.39, 0.29) is 0 Å². The molecule has 140 valence electrons. The second-order valence-corrected chi connectivity index (χ2v) is 6.35. The van der Waals surface area contributed by atoms with Gasteiger partial charge in [-0.2, -0.15) is 0 Å². The van der Waals surface area contributed by atoms with E-state index < -0.39 is 0 Å². The van der Waals surface area contributed by atoms with Crippen LogP contribution in [0, 0.1) is 0 Å². The molecule has 0 saturated carbocycles. The number of aromatic nitrogens is 1. The molecular weight excluding hydrogens is 350 g/mol. The topological polar surface area (TPSA) is 40.6 Å². The molecule has 0 saturated heterocycles. The molecule has 1 heterocycles. The Labute approximate surface area is 164 Å². The zero-order valence-electron chi connectivity index (χ0n) is 16.1. The van der Waals surface area contributed by atoms with Crippen molar-refractivity contribution < 1.29 is 14.2 Å². The van der Waals surface area contributed by atoms with E-state index in [9.17, 15) is 0 Å². The maximum absolute atomic E-state index is 5.61. The van der Waals surface area contributed by atoms with Crippen LogP contribution in [0.4, 0.5) is 0 Å². The van der Waals surface area contributed by atoms with Crippen LogP contribution in [-0.4, -0.2) is 26.3 Å². The van der Waals surface area contributed by atoms with Gasteiger partial charge in [0, 0.05) is 16.5 Å². The van der Waals surface area contributed by atoms with Crippen molar-refractivity contribution in [1.82, 2.24) is 4.98 Å². The van der Waals surface area contributed by atoms with Crippen molar-refractivity contribution in [3.63, 3.8) is 0 Å². The maximum atomic E-state index is 5.61. The molecule has 4 rings (SSSR count). The van der Waals surface area contributed by atoms with E-state index in [1.54, 1.807) is 21.3 Å². The minimum Gasteiger partial charge on any atom is -0.497 e. The first-order chi connectivity index (χ1) is 13.7. The fraction of sp³-hybridized carbons (Fsp3) is 0.125. The summed E-state index contributed by atoms with van der Waals surface area (Å²) in [5.74, 6) is 2.21. The van der Waals surface area contributed by atoms with E-state index in [0.29, 0.717) is 5.88 Å². The number of pyridine rings is 1. The van der Waals surface area contributed by atoms with Crippen molar-refractivity contribution in [1.29, 1.82) is 0 Å². The molecule has 0 fully saturated rings. The summed E-state index contributed by atoms with van der Waals surface area (Å²) in [4.78, 5) is 4.87. The van der Waals surface area contributed by atoms with Crippen molar-refractivity contribution in [3.8, 4) is 39.8 Å². The zero-order chi connectivity index (χ0) is 19.5. The van der Waals surface area contributed by atoms with Crippen LogP contribution in [0.15, 0.2) is 72.8 Å². The SMILES string of the molecule is COc1ccc(-c2nc(OC)c3ccccc3c2-c2cccc(OC)c2)cc1. The summed E-state index contributed by atoms with van der Waals surface area (Å²) >= 11 is 0. The lowest BCUT2D eigenvalue weighted by Gasteiger charge is -2.16. The number of nitrogens with zero attached hydrogens (tertiary/aromatic N) is 1. The van der Waals surface area contributed by atoms with Gasteiger partial charge in [0.15, 0.2) is 0 Å². The fourth-order valence-corrected chi connectivity index (χ4v) is 3.42. The lowest BCUT2D eigenvalue weighted by molar-refractivity contribution is 0.404. The summed E-state index contributed by atoms with van der Waals surface area (Å²) < 4.78 is 16.4. The van der Waals surface area contributed by atoms with Crippen molar-refractivity contribution in [2.45, 2.75) is 0 Å². The summed E-state index contributed by atoms with van der Waals surface area (Å²) in [7, 11) is 4.99. The van der Waals surface area contributed by atoms with E-state index in [0.717, 1.165) is 44.7 Å². The quantitative estimate of drug-likeness (QED) is 0.458. The summed E-state index contributed by atoms with van der Waals surface area (Å²) in [5.41, 5.74) is 3.92. The predicted molar refractivity (Wildman–Crippen MR) is 112 cm³/mol. The van der Waals surface area contributed by atoms with Crippen molar-refractivity contribution in [3.05, 3.63) is 72.8 Å². The van der Waals surface area contributed by atoms with E-state index in [2.05, 4.69) is 12.1 Å². The van der Waals surface area contributed by atoms with Crippen LogP contribution in [0.2, 0.25) is 0 Å². The van der Waals surface area contributed by atoms with Gasteiger partial charge in [0.25, 0.3) is 0 Å². The molecule has 0 spiro atoms. The highest BCUT2D eigenvalue weighted by Crippen LogP contribution is 2.41. The monoisotopic (exact) mass is 371 g/mol. The van der Waals surface area contributed by atoms with Gasteiger partial charge < -0.3 is 14.2 Å². The Balaban J connectivity index is 2.06. The number of rotatable bonds is 5. The number of fused-ring (bicyclic) bond motifs is 1. The lowest BCUT2D eigenvalue weighted by atomic mass is 9.94. The lowest BCUT2D eigenvalue weighted by Crippen LogP contribution is -1.97. The first-order valence-corrected chi connectivity index (χ1v) is 9.00. The van der Waals surface area contributed by atoms with E-state index in [1.807, 2.05) is 60.7 Å². The van der Waals surface area contributed by atoms with Crippen LogP contribution in [0.5, 0.6) is 17.4 Å². The third-order valence-electron chi connectivity index (χ3n) is 4.79. The van der Waals surface area contributed by atoms with Gasteiger partial charge in [-0.05, 0) is 53.4 Å². The normalized spacial score (nSPS) is 10.7. The van der Waals surface area contributed by atoms with Crippen LogP contribution in [0.1, 0.15) is 0 Å². The van der Waals surface area contributed by atoms with Gasteiger partial charge in [-0.3, -0.25) is 0 Å². The molecule has 0 aliphatic rings. The highest BCUT2D eigenvalue weighted by molar-refractivity contribution is 6.04. The molecular formula is C24H21NO3. The van der Waals surface area contributed by atoms with Crippen LogP contribution >= 0.6 is 0 Å². The van der Waals surface area contributed by atoms with E-state index >= 15 is 0 Å². The van der Waals surface area contributed by atoms with Crippen molar-refractivity contribution >= 4 is 10.8 Å². The van der Waals surface area contributed by atoms with Gasteiger partial charge in [0.2, 0.25) is 5.88 Å². The molecule has 0 bridgehead atoms. The minimum absolute atomic E-state index is 0.605. The molecule has 0 aliphatic carbocycles. The van der Waals surface area contributed by atoms with Gasteiger partial charge in [0.05, 0.1) is 27.0 Å². The molecule has 0 amide bonds. The van der Waals surface area contributed by atoms with Crippen LogP contribution in [0.3, 0.4) is 0 Å². The molecule has 3 aromatic carbocycles. The number of methoxy groups -OCH3 is 3. The Bertz CT molecular complexity index is 1120. The summed E-state index contributed by atoms with van der Waals surface area (Å²) in [6.07, 6.45) is 0. The average molecular weight is 371 g/mol. The molecule has 0 aliphatic heterocycles. The number of hydrogen-bond donors (Lipinski definition) is 0. The van der Waals surface area contributed by atoms with Gasteiger partial charge in [-0.1, -0.05) is 30.3 Å². The smallest absolute Gasteiger partial charge is 0.221 e. The number of hydrogen-bond acceptors (Lipinski definition) is 4. The van der Waals surface area contributed by atoms with Crippen molar-refractivity contribution in [2.24, 2.45) is 0 Å². The molecule has 4 nitrogen and oxygen atoms in total. The molecule has 0 atom stereocenters. The summed E-state index contributed by atoms with van der Waals surface area (Å²) in [6, 6.07) is 24.1. The highest BCUT2D eigenvalue weighted by atomic mass is 16.5. The van der Waals surface area contributed by atoms with Crippen molar-refractivity contribution in [2.75, 3.05) is 21.3 Å². The first-order valence-electron chi connectivity index (χ1n) is 9.00. The van der Waals surface area contributed by atoms with Gasteiger partial charge >= 0.3 is 0 Å². The Morgan fingerprint density at radius 1 is 0.607 bits per heavy atom. The van der Waals surface area contributed by atoms with Gasteiger partial charge in [0.1, 0.15) is 11.5 Å². The highest BCUT2D eigenvalue weighted by Gasteiger charge is 2.18. The number of benzene rings is 3. The van der Waals surface area contributed by atoms with E-state index in [4.69, 9.17) is 19.2 Å². The average Bonchev–Trinajstić information content (AvgIpc) is 2.78. The third-order valence-corrected chi connectivity index (χ3v) is 4.79. The summed E-state index contributed by atoms with van der Waals surface area (Å²) in [6.45, 7) is 0. The number of ether oxygens (including phenoxy) is 3. The molecule has 1 aromatic heterocycles. The first kappa shape index (κ1) is 17.9. The van der Waals surface area contributed by atoms with Gasteiger partial charge in [-0.25, -0.2) is 4.98 Å². The van der Waals surface area contributed by atoms with Crippen LogP contribution in [-0.2, 0) is 0 Å². The summed E-state index contributed by atoms with van der Waals surface area (Å²) in [5, 5.41) is 2.05.